The molecule has 3 aliphatic heterocycles. The number of rotatable bonds is 13. The van der Waals surface area contributed by atoms with E-state index in [1.807, 2.05) is 39.0 Å². The van der Waals surface area contributed by atoms with E-state index in [1.54, 1.807) is 19.1 Å². The Hall–Kier alpha value is -3.18. The van der Waals surface area contributed by atoms with Crippen molar-refractivity contribution in [1.82, 2.24) is 5.32 Å². The molecular formula is C37H50FNO8. The van der Waals surface area contributed by atoms with E-state index in [0.717, 1.165) is 17.6 Å². The van der Waals surface area contributed by atoms with Crippen LogP contribution in [0.2, 0.25) is 0 Å². The molecule has 3 fully saturated rings. The van der Waals surface area contributed by atoms with E-state index in [4.69, 9.17) is 18.9 Å². The van der Waals surface area contributed by atoms with E-state index >= 15 is 0 Å². The molecule has 3 aliphatic rings. The lowest BCUT2D eigenvalue weighted by Gasteiger charge is -2.39. The van der Waals surface area contributed by atoms with E-state index in [9.17, 15) is 23.9 Å². The number of epoxide rings is 1. The Morgan fingerprint density at radius 2 is 1.94 bits per heavy atom. The summed E-state index contributed by atoms with van der Waals surface area (Å²) < 4.78 is 37.4. The minimum atomic E-state index is -0.839. The molecule has 0 unspecified atom stereocenters. The summed E-state index contributed by atoms with van der Waals surface area (Å²) in [5.74, 6) is -0.765. The average molecular weight is 656 g/mol. The Balaban J connectivity index is 1.26. The lowest BCUT2D eigenvalue weighted by molar-refractivity contribution is -0.144. The van der Waals surface area contributed by atoms with Crippen molar-refractivity contribution in [2.45, 2.75) is 128 Å². The average Bonchev–Trinajstić information content (AvgIpc) is 3.77. The first-order valence-corrected chi connectivity index (χ1v) is 16.6. The molecule has 4 rings (SSSR count). The van der Waals surface area contributed by atoms with Gasteiger partial charge in [0.2, 0.25) is 5.91 Å². The number of allylic oxidation sites excluding steroid dienone is 2. The second kappa shape index (κ2) is 16.3. The van der Waals surface area contributed by atoms with Gasteiger partial charge in [0.15, 0.2) is 0 Å². The quantitative estimate of drug-likeness (QED) is 0.132. The third kappa shape index (κ3) is 10.7. The summed E-state index contributed by atoms with van der Waals surface area (Å²) in [5.41, 5.74) is 1.66. The fraction of sp³-hybridized carbons (Fsp3) is 0.595. The molecule has 1 aromatic carbocycles. The number of nitrogens with one attached hydrogen (secondary N) is 1. The van der Waals surface area contributed by atoms with Gasteiger partial charge in [-0.25, -0.2) is 4.39 Å². The first kappa shape index (κ1) is 36.7. The molecule has 9 nitrogen and oxygen atoms in total. The first-order valence-electron chi connectivity index (χ1n) is 16.6. The second-order valence-corrected chi connectivity index (χ2v) is 13.5. The van der Waals surface area contributed by atoms with E-state index in [0.29, 0.717) is 31.4 Å². The van der Waals surface area contributed by atoms with Gasteiger partial charge in [0.1, 0.15) is 35.5 Å². The summed E-state index contributed by atoms with van der Waals surface area (Å²) in [5, 5.41) is 14.0. The minimum absolute atomic E-state index is 0.0102. The molecule has 10 heteroatoms. The molecule has 3 saturated heterocycles. The molecular weight excluding hydrogens is 605 g/mol. The molecule has 1 aromatic rings. The second-order valence-electron chi connectivity index (χ2n) is 13.5. The van der Waals surface area contributed by atoms with Gasteiger partial charge in [-0.15, -0.1) is 0 Å². The largest absolute Gasteiger partial charge is 0.459 e. The summed E-state index contributed by atoms with van der Waals surface area (Å²) in [7, 11) is 0. The number of benzene rings is 1. The first-order chi connectivity index (χ1) is 22.2. The Morgan fingerprint density at radius 1 is 1.19 bits per heavy atom. The zero-order valence-corrected chi connectivity index (χ0v) is 28.4. The molecule has 0 saturated carbocycles. The van der Waals surface area contributed by atoms with Gasteiger partial charge >= 0.3 is 5.97 Å². The summed E-state index contributed by atoms with van der Waals surface area (Å²) in [4.78, 5) is 36.3. The Labute approximate surface area is 277 Å². The van der Waals surface area contributed by atoms with Crippen molar-refractivity contribution in [3.63, 3.8) is 0 Å². The van der Waals surface area contributed by atoms with Crippen molar-refractivity contribution in [3.8, 4) is 0 Å². The molecule has 1 amide bonds. The number of aliphatic hydroxyl groups excluding tert-OH is 1. The number of esters is 1. The van der Waals surface area contributed by atoms with E-state index in [1.165, 1.54) is 19.1 Å². The SMILES string of the molecule is CC(=O)O[C@@H](C)/C=C\C(=O)N[C@@H]1C[C@H](C)[C@H](C/C=C(C)/C=C/[C@H]2O[C@H](CC(=O)CCc3ccc(C)cc3F)C[C@@]3(CO3)[C@@H]2O)O[C@@H]1C. The van der Waals surface area contributed by atoms with E-state index in [2.05, 4.69) is 18.3 Å². The maximum absolute atomic E-state index is 14.2. The van der Waals surface area contributed by atoms with E-state index < -0.39 is 36.0 Å². The number of hydrogen-bond acceptors (Lipinski definition) is 8. The summed E-state index contributed by atoms with van der Waals surface area (Å²) >= 11 is 0. The van der Waals surface area contributed by atoms with Crippen LogP contribution in [-0.2, 0) is 39.8 Å². The van der Waals surface area contributed by atoms with Crippen LogP contribution >= 0.6 is 0 Å². The number of aryl methyl sites for hydroxylation is 2. The van der Waals surface area contributed by atoms with Crippen LogP contribution in [0.25, 0.3) is 0 Å². The highest BCUT2D eigenvalue weighted by molar-refractivity contribution is 5.87. The highest BCUT2D eigenvalue weighted by Crippen LogP contribution is 2.43. The van der Waals surface area contributed by atoms with Crippen molar-refractivity contribution in [2.75, 3.05) is 6.61 Å². The van der Waals surface area contributed by atoms with Crippen molar-refractivity contribution in [3.05, 3.63) is 71.1 Å². The third-order valence-electron chi connectivity index (χ3n) is 9.26. The molecule has 0 bridgehead atoms. The molecule has 47 heavy (non-hydrogen) atoms. The zero-order valence-electron chi connectivity index (χ0n) is 28.4. The molecule has 0 radical (unpaired) electrons. The minimum Gasteiger partial charge on any atom is -0.459 e. The smallest absolute Gasteiger partial charge is 0.303 e. The molecule has 0 aliphatic carbocycles. The van der Waals surface area contributed by atoms with Crippen molar-refractivity contribution in [1.29, 1.82) is 0 Å². The maximum Gasteiger partial charge on any atom is 0.303 e. The highest BCUT2D eigenvalue weighted by atomic mass is 19.1. The van der Waals surface area contributed by atoms with Crippen molar-refractivity contribution < 1.29 is 42.8 Å². The van der Waals surface area contributed by atoms with Gasteiger partial charge in [0, 0.05) is 32.3 Å². The topological polar surface area (TPSA) is 124 Å². The summed E-state index contributed by atoms with van der Waals surface area (Å²) in [6.07, 6.45) is 8.84. The van der Waals surface area contributed by atoms with Crippen LogP contribution in [0.1, 0.15) is 77.8 Å². The number of ether oxygens (including phenoxy) is 4. The number of hydrogen-bond donors (Lipinski definition) is 2. The Morgan fingerprint density at radius 3 is 2.62 bits per heavy atom. The third-order valence-corrected chi connectivity index (χ3v) is 9.26. The van der Waals surface area contributed by atoms with Crippen LogP contribution in [0.3, 0.4) is 0 Å². The summed E-state index contributed by atoms with van der Waals surface area (Å²) in [6.45, 7) is 11.3. The van der Waals surface area contributed by atoms with Crippen LogP contribution in [0.4, 0.5) is 4.39 Å². The Kier molecular flexibility index (Phi) is 12.7. The van der Waals surface area contributed by atoms with Crippen LogP contribution < -0.4 is 5.32 Å². The standard InChI is InChI=1S/C37H50FNO8/c1-22(8-14-33-24(3)18-32(26(5)46-33)39-35(42)16-10-25(4)45-27(6)40)9-15-34-36(43)37(21-44-37)20-30(47-34)19-29(41)13-12-28-11-7-23(2)17-31(28)38/h7-11,15-17,24-26,30,32-34,36,43H,12-14,18-21H2,1-6H3,(H,39,42)/b15-9+,16-10-,22-8+/t24-,25-,26+,30+,32+,33-,34+,36+,37+/m0/s1. The highest BCUT2D eigenvalue weighted by Gasteiger charge is 2.58. The van der Waals surface area contributed by atoms with Gasteiger partial charge in [-0.05, 0) is 76.1 Å². The van der Waals surface area contributed by atoms with Gasteiger partial charge < -0.3 is 29.4 Å². The fourth-order valence-corrected chi connectivity index (χ4v) is 6.37. The number of aliphatic hydroxyl groups is 1. The number of amides is 1. The van der Waals surface area contributed by atoms with Crippen LogP contribution in [0.5, 0.6) is 0 Å². The molecule has 0 aromatic heterocycles. The Bertz CT molecular complexity index is 1370. The van der Waals surface area contributed by atoms with Crippen LogP contribution in [0.15, 0.2) is 54.2 Å². The maximum atomic E-state index is 14.2. The molecule has 9 atom stereocenters. The van der Waals surface area contributed by atoms with Crippen molar-refractivity contribution >= 4 is 17.7 Å². The van der Waals surface area contributed by atoms with Gasteiger partial charge in [-0.2, -0.15) is 0 Å². The normalized spacial score (nSPS) is 31.7. The molecule has 3 heterocycles. The predicted molar refractivity (Wildman–Crippen MR) is 175 cm³/mol. The number of halogens is 1. The fourth-order valence-electron chi connectivity index (χ4n) is 6.37. The van der Waals surface area contributed by atoms with Gasteiger partial charge in [-0.3, -0.25) is 14.4 Å². The number of carbonyl (C=O) groups is 3. The number of Topliss-reactive ketones (excluding diaryl/α,β-unsaturated/α-hetero) is 1. The zero-order chi connectivity index (χ0) is 34.3. The van der Waals surface area contributed by atoms with E-state index in [-0.39, 0.29) is 54.5 Å². The number of ketones is 1. The van der Waals surface area contributed by atoms with Crippen LogP contribution in [0, 0.1) is 18.7 Å². The number of carbonyl (C=O) groups excluding carboxylic acids is 3. The molecule has 258 valence electrons. The van der Waals surface area contributed by atoms with Gasteiger partial charge in [-0.1, -0.05) is 42.9 Å². The summed E-state index contributed by atoms with van der Waals surface area (Å²) in [6, 6.07) is 4.91. The van der Waals surface area contributed by atoms with Gasteiger partial charge in [0.25, 0.3) is 0 Å². The molecule has 1 spiro atoms. The predicted octanol–water partition coefficient (Wildman–Crippen LogP) is 5.01. The monoisotopic (exact) mass is 655 g/mol. The lowest BCUT2D eigenvalue weighted by atomic mass is 9.86. The lowest BCUT2D eigenvalue weighted by Crippen LogP contribution is -2.50. The molecule has 2 N–H and O–H groups in total. The van der Waals surface area contributed by atoms with Crippen LogP contribution in [-0.4, -0.2) is 77.6 Å². The van der Waals surface area contributed by atoms with Gasteiger partial charge in [0.05, 0.1) is 31.0 Å². The van der Waals surface area contributed by atoms with Crippen molar-refractivity contribution in [2.24, 2.45) is 5.92 Å².